The second-order valence-electron chi connectivity index (χ2n) is 5.40. The number of anilines is 1. The fourth-order valence-corrected chi connectivity index (χ4v) is 2.92. The van der Waals surface area contributed by atoms with Crippen molar-refractivity contribution in [3.63, 3.8) is 0 Å². The SMILES string of the molecule is CC(C)c1ccnc(N2CCC3CNCC32)n1.[HH]. The van der Waals surface area contributed by atoms with Gasteiger partial charge in [-0.2, -0.15) is 0 Å². The molecule has 2 atom stereocenters. The largest absolute Gasteiger partial charge is 0.336 e. The average Bonchev–Trinajstić information content (AvgIpc) is 2.90. The predicted molar refractivity (Wildman–Crippen MR) is 70.3 cm³/mol. The Bertz CT molecular complexity index is 410. The molecule has 0 radical (unpaired) electrons. The third-order valence-corrected chi connectivity index (χ3v) is 3.96. The molecule has 0 aliphatic carbocycles. The topological polar surface area (TPSA) is 41.1 Å². The van der Waals surface area contributed by atoms with Gasteiger partial charge in [0.05, 0.1) is 0 Å². The van der Waals surface area contributed by atoms with Crippen molar-refractivity contribution < 1.29 is 1.43 Å². The van der Waals surface area contributed by atoms with Gasteiger partial charge in [0.25, 0.3) is 0 Å². The normalized spacial score (nSPS) is 27.8. The van der Waals surface area contributed by atoms with Crippen LogP contribution in [0.1, 0.15) is 33.3 Å². The number of hydrogen-bond acceptors (Lipinski definition) is 4. The molecule has 2 unspecified atom stereocenters. The van der Waals surface area contributed by atoms with Gasteiger partial charge in [-0.1, -0.05) is 13.8 Å². The van der Waals surface area contributed by atoms with Crippen LogP contribution in [0.25, 0.3) is 0 Å². The van der Waals surface area contributed by atoms with E-state index < -0.39 is 0 Å². The van der Waals surface area contributed by atoms with E-state index in [9.17, 15) is 0 Å². The summed E-state index contributed by atoms with van der Waals surface area (Å²) in [5.74, 6) is 2.19. The Morgan fingerprint density at radius 3 is 3.18 bits per heavy atom. The van der Waals surface area contributed by atoms with Gasteiger partial charge >= 0.3 is 0 Å². The summed E-state index contributed by atoms with van der Waals surface area (Å²) in [6.07, 6.45) is 3.17. The molecule has 17 heavy (non-hydrogen) atoms. The van der Waals surface area contributed by atoms with Crippen LogP contribution in [0.2, 0.25) is 0 Å². The Hall–Kier alpha value is -1.16. The summed E-state index contributed by atoms with van der Waals surface area (Å²) in [7, 11) is 0. The van der Waals surface area contributed by atoms with Crippen molar-refractivity contribution in [1.29, 1.82) is 0 Å². The van der Waals surface area contributed by atoms with E-state index in [1.54, 1.807) is 0 Å². The smallest absolute Gasteiger partial charge is 0.225 e. The molecule has 0 bridgehead atoms. The van der Waals surface area contributed by atoms with Gasteiger partial charge in [0.15, 0.2) is 0 Å². The first-order valence-corrected chi connectivity index (χ1v) is 6.56. The van der Waals surface area contributed by atoms with Crippen LogP contribution < -0.4 is 10.2 Å². The van der Waals surface area contributed by atoms with Gasteiger partial charge in [-0.15, -0.1) is 0 Å². The zero-order valence-corrected chi connectivity index (χ0v) is 10.6. The summed E-state index contributed by atoms with van der Waals surface area (Å²) < 4.78 is 0. The van der Waals surface area contributed by atoms with Crippen LogP contribution in [0.5, 0.6) is 0 Å². The maximum Gasteiger partial charge on any atom is 0.225 e. The Morgan fingerprint density at radius 2 is 2.35 bits per heavy atom. The van der Waals surface area contributed by atoms with E-state index in [1.807, 2.05) is 12.3 Å². The summed E-state index contributed by atoms with van der Waals surface area (Å²) in [6, 6.07) is 2.63. The lowest BCUT2D eigenvalue weighted by Crippen LogP contribution is -2.35. The molecule has 1 aromatic rings. The van der Waals surface area contributed by atoms with Crippen LogP contribution in [0.15, 0.2) is 12.3 Å². The minimum Gasteiger partial charge on any atom is -0.336 e. The van der Waals surface area contributed by atoms with Crippen molar-refractivity contribution in [1.82, 2.24) is 15.3 Å². The van der Waals surface area contributed by atoms with E-state index in [0.29, 0.717) is 12.0 Å². The molecule has 0 spiro atoms. The molecule has 0 aromatic carbocycles. The lowest BCUT2D eigenvalue weighted by molar-refractivity contribution is 0.575. The van der Waals surface area contributed by atoms with E-state index in [1.165, 1.54) is 6.42 Å². The molecule has 1 aromatic heterocycles. The van der Waals surface area contributed by atoms with Crippen molar-refractivity contribution in [2.45, 2.75) is 32.2 Å². The maximum atomic E-state index is 4.70. The van der Waals surface area contributed by atoms with Gasteiger partial charge < -0.3 is 10.2 Å². The van der Waals surface area contributed by atoms with E-state index in [2.05, 4.69) is 29.0 Å². The summed E-state index contributed by atoms with van der Waals surface area (Å²) in [4.78, 5) is 11.5. The van der Waals surface area contributed by atoms with Crippen molar-refractivity contribution in [2.75, 3.05) is 24.5 Å². The van der Waals surface area contributed by atoms with Crippen LogP contribution in [0.3, 0.4) is 0 Å². The Balaban J connectivity index is 0.00000120. The fraction of sp³-hybridized carbons (Fsp3) is 0.692. The van der Waals surface area contributed by atoms with Crippen LogP contribution in [0.4, 0.5) is 5.95 Å². The number of hydrogen-bond donors (Lipinski definition) is 1. The molecule has 4 nitrogen and oxygen atoms in total. The first-order valence-electron chi connectivity index (χ1n) is 6.56. The molecule has 2 aliphatic heterocycles. The summed E-state index contributed by atoms with van der Waals surface area (Å²) >= 11 is 0. The van der Waals surface area contributed by atoms with Crippen LogP contribution in [-0.2, 0) is 0 Å². The molecule has 94 valence electrons. The van der Waals surface area contributed by atoms with Crippen LogP contribution in [0, 0.1) is 5.92 Å². The molecule has 2 fully saturated rings. The lowest BCUT2D eigenvalue weighted by Gasteiger charge is -2.23. The highest BCUT2D eigenvalue weighted by molar-refractivity contribution is 5.36. The van der Waals surface area contributed by atoms with E-state index in [-0.39, 0.29) is 1.43 Å². The van der Waals surface area contributed by atoms with Crippen LogP contribution in [-0.4, -0.2) is 35.6 Å². The highest BCUT2D eigenvalue weighted by Crippen LogP contribution is 2.30. The van der Waals surface area contributed by atoms with Gasteiger partial charge in [-0.25, -0.2) is 9.97 Å². The Morgan fingerprint density at radius 1 is 1.47 bits per heavy atom. The van der Waals surface area contributed by atoms with E-state index in [0.717, 1.165) is 37.2 Å². The Kier molecular flexibility index (Phi) is 2.74. The van der Waals surface area contributed by atoms with E-state index >= 15 is 0 Å². The average molecular weight is 234 g/mol. The molecule has 2 aliphatic rings. The van der Waals surface area contributed by atoms with Crippen molar-refractivity contribution in [2.24, 2.45) is 5.92 Å². The molecule has 0 saturated carbocycles. The summed E-state index contributed by atoms with van der Waals surface area (Å²) in [5, 5.41) is 3.46. The first kappa shape index (κ1) is 11.0. The fourth-order valence-electron chi connectivity index (χ4n) is 2.92. The Labute approximate surface area is 104 Å². The molecule has 3 rings (SSSR count). The second-order valence-corrected chi connectivity index (χ2v) is 5.40. The van der Waals surface area contributed by atoms with Gasteiger partial charge in [0.2, 0.25) is 5.95 Å². The zero-order valence-electron chi connectivity index (χ0n) is 10.6. The molecular formula is C13H22N4. The third kappa shape index (κ3) is 1.90. The van der Waals surface area contributed by atoms with Crippen molar-refractivity contribution in [3.05, 3.63) is 18.0 Å². The quantitative estimate of drug-likeness (QED) is 0.844. The molecular weight excluding hydrogens is 212 g/mol. The van der Waals surface area contributed by atoms with Gasteiger partial charge in [0, 0.05) is 39.0 Å². The van der Waals surface area contributed by atoms with Crippen LogP contribution >= 0.6 is 0 Å². The molecule has 3 heterocycles. The number of fused-ring (bicyclic) bond motifs is 1. The predicted octanol–water partition coefficient (Wildman–Crippen LogP) is 1.64. The van der Waals surface area contributed by atoms with Crippen molar-refractivity contribution >= 4 is 5.95 Å². The molecule has 4 heteroatoms. The zero-order chi connectivity index (χ0) is 11.8. The number of rotatable bonds is 2. The van der Waals surface area contributed by atoms with Gasteiger partial charge in [-0.3, -0.25) is 0 Å². The maximum absolute atomic E-state index is 4.70. The number of nitrogens with one attached hydrogen (secondary N) is 1. The molecule has 0 amide bonds. The first-order chi connectivity index (χ1) is 8.25. The monoisotopic (exact) mass is 234 g/mol. The minimum atomic E-state index is 0. The minimum absolute atomic E-state index is 0. The van der Waals surface area contributed by atoms with E-state index in [4.69, 9.17) is 4.98 Å². The summed E-state index contributed by atoms with van der Waals surface area (Å²) in [5.41, 5.74) is 1.14. The summed E-state index contributed by atoms with van der Waals surface area (Å²) in [6.45, 7) is 7.70. The molecule has 2 saturated heterocycles. The highest BCUT2D eigenvalue weighted by atomic mass is 15.3. The number of nitrogens with zero attached hydrogens (tertiary/aromatic N) is 3. The van der Waals surface area contributed by atoms with Gasteiger partial charge in [-0.05, 0) is 24.3 Å². The van der Waals surface area contributed by atoms with Gasteiger partial charge in [0.1, 0.15) is 0 Å². The standard InChI is InChI=1S/C13H20N4.H2/c1-9(2)11-3-5-15-13(16-11)17-6-4-10-7-14-8-12(10)17;/h3,5,9-10,12,14H,4,6-8H2,1-2H3;1H. The number of aromatic nitrogens is 2. The highest BCUT2D eigenvalue weighted by Gasteiger charge is 2.38. The third-order valence-electron chi connectivity index (χ3n) is 3.96. The lowest BCUT2D eigenvalue weighted by atomic mass is 10.1. The van der Waals surface area contributed by atoms with Crippen molar-refractivity contribution in [3.8, 4) is 0 Å². The second kappa shape index (κ2) is 4.26. The molecule has 1 N–H and O–H groups in total.